The van der Waals surface area contributed by atoms with E-state index in [1.165, 1.54) is 6.07 Å². The first-order valence-electron chi connectivity index (χ1n) is 4.89. The van der Waals surface area contributed by atoms with Crippen LogP contribution in [0.25, 0.3) is 0 Å². The van der Waals surface area contributed by atoms with Crippen LogP contribution in [0.1, 0.15) is 17.4 Å². The molecule has 0 bridgehead atoms. The summed E-state index contributed by atoms with van der Waals surface area (Å²) in [6, 6.07) is 8.21. The third-order valence-corrected chi connectivity index (χ3v) is 2.86. The molecule has 0 aliphatic rings. The number of furan rings is 1. The van der Waals surface area contributed by atoms with Crippen molar-refractivity contribution in [2.24, 2.45) is 5.73 Å². The van der Waals surface area contributed by atoms with E-state index in [4.69, 9.17) is 10.2 Å². The molecule has 4 heteroatoms. The van der Waals surface area contributed by atoms with Gasteiger partial charge in [0.25, 0.3) is 0 Å². The minimum Gasteiger partial charge on any atom is -0.468 e. The number of hydrogen-bond donors (Lipinski definition) is 1. The Morgan fingerprint density at radius 2 is 2.19 bits per heavy atom. The standard InChI is InChI=1S/C12H11BrFNO/c13-9-4-3-8(10(14)7-9)6-11(15)12-2-1-5-16-12/h1-5,7,11H,6,15H2. The number of hydrogen-bond acceptors (Lipinski definition) is 2. The highest BCUT2D eigenvalue weighted by molar-refractivity contribution is 9.10. The van der Waals surface area contributed by atoms with E-state index in [1.54, 1.807) is 30.5 Å². The van der Waals surface area contributed by atoms with Crippen molar-refractivity contribution in [3.05, 3.63) is 58.2 Å². The monoisotopic (exact) mass is 283 g/mol. The van der Waals surface area contributed by atoms with E-state index in [9.17, 15) is 4.39 Å². The Hall–Kier alpha value is -1.13. The van der Waals surface area contributed by atoms with Crippen molar-refractivity contribution in [3.8, 4) is 0 Å². The molecule has 0 saturated carbocycles. The quantitative estimate of drug-likeness (QED) is 0.938. The molecule has 2 nitrogen and oxygen atoms in total. The summed E-state index contributed by atoms with van der Waals surface area (Å²) in [6.45, 7) is 0. The summed E-state index contributed by atoms with van der Waals surface area (Å²) in [5, 5.41) is 0. The Morgan fingerprint density at radius 3 is 2.81 bits per heavy atom. The molecular formula is C12H11BrFNO. The average Bonchev–Trinajstić information content (AvgIpc) is 2.75. The van der Waals surface area contributed by atoms with Crippen molar-refractivity contribution in [1.82, 2.24) is 0 Å². The zero-order valence-electron chi connectivity index (χ0n) is 8.49. The lowest BCUT2D eigenvalue weighted by Crippen LogP contribution is -2.13. The minimum absolute atomic E-state index is 0.253. The molecule has 16 heavy (non-hydrogen) atoms. The fraction of sp³-hybridized carbons (Fsp3) is 0.167. The summed E-state index contributed by atoms with van der Waals surface area (Å²) in [6.07, 6.45) is 1.99. The Kier molecular flexibility index (Phi) is 3.41. The van der Waals surface area contributed by atoms with Crippen LogP contribution in [0.4, 0.5) is 4.39 Å². The highest BCUT2D eigenvalue weighted by atomic mass is 79.9. The van der Waals surface area contributed by atoms with Gasteiger partial charge in [0.15, 0.2) is 0 Å². The van der Waals surface area contributed by atoms with Crippen LogP contribution in [0.15, 0.2) is 45.5 Å². The van der Waals surface area contributed by atoms with Crippen LogP contribution in [-0.4, -0.2) is 0 Å². The van der Waals surface area contributed by atoms with Crippen molar-refractivity contribution in [2.45, 2.75) is 12.5 Å². The van der Waals surface area contributed by atoms with Gasteiger partial charge in [0.1, 0.15) is 11.6 Å². The lowest BCUT2D eigenvalue weighted by molar-refractivity contribution is 0.460. The summed E-state index contributed by atoms with van der Waals surface area (Å²) in [5.74, 6) is 0.415. The first kappa shape index (κ1) is 11.4. The van der Waals surface area contributed by atoms with Gasteiger partial charge in [-0.3, -0.25) is 0 Å². The van der Waals surface area contributed by atoms with E-state index in [-0.39, 0.29) is 11.9 Å². The Bertz CT molecular complexity index is 470. The fourth-order valence-electron chi connectivity index (χ4n) is 1.53. The van der Waals surface area contributed by atoms with Crippen LogP contribution in [0.2, 0.25) is 0 Å². The van der Waals surface area contributed by atoms with Crippen LogP contribution in [0, 0.1) is 5.82 Å². The predicted octanol–water partition coefficient (Wildman–Crippen LogP) is 3.42. The SMILES string of the molecule is NC(Cc1ccc(Br)cc1F)c1ccco1. The van der Waals surface area contributed by atoms with Crippen LogP contribution in [-0.2, 0) is 6.42 Å². The number of halogens is 2. The van der Waals surface area contributed by atoms with Crippen LogP contribution in [0.3, 0.4) is 0 Å². The van der Waals surface area contributed by atoms with E-state index in [0.29, 0.717) is 17.7 Å². The minimum atomic E-state index is -0.314. The summed E-state index contributed by atoms with van der Waals surface area (Å²) in [4.78, 5) is 0. The molecule has 0 radical (unpaired) electrons. The summed E-state index contributed by atoms with van der Waals surface area (Å²) in [5.41, 5.74) is 6.50. The molecule has 0 spiro atoms. The maximum absolute atomic E-state index is 13.5. The molecule has 1 aromatic heterocycles. The van der Waals surface area contributed by atoms with Crippen molar-refractivity contribution in [3.63, 3.8) is 0 Å². The van der Waals surface area contributed by atoms with Crippen molar-refractivity contribution in [2.75, 3.05) is 0 Å². The molecule has 1 aromatic carbocycles. The first-order valence-corrected chi connectivity index (χ1v) is 5.69. The van der Waals surface area contributed by atoms with E-state index >= 15 is 0 Å². The third kappa shape index (κ3) is 2.51. The zero-order chi connectivity index (χ0) is 11.5. The highest BCUT2D eigenvalue weighted by Gasteiger charge is 2.12. The van der Waals surface area contributed by atoms with Crippen molar-refractivity contribution >= 4 is 15.9 Å². The molecule has 0 aliphatic heterocycles. The van der Waals surface area contributed by atoms with Gasteiger partial charge in [-0.2, -0.15) is 0 Å². The molecule has 0 aliphatic carbocycles. The summed E-state index contributed by atoms with van der Waals surface area (Å²) < 4.78 is 19.4. The van der Waals surface area contributed by atoms with E-state index in [0.717, 1.165) is 4.47 Å². The van der Waals surface area contributed by atoms with Gasteiger partial charge < -0.3 is 10.2 Å². The largest absolute Gasteiger partial charge is 0.468 e. The van der Waals surface area contributed by atoms with Gasteiger partial charge in [-0.05, 0) is 36.2 Å². The molecule has 0 amide bonds. The highest BCUT2D eigenvalue weighted by Crippen LogP contribution is 2.21. The van der Waals surface area contributed by atoms with Gasteiger partial charge in [-0.1, -0.05) is 22.0 Å². The van der Waals surface area contributed by atoms with Crippen molar-refractivity contribution < 1.29 is 8.81 Å². The topological polar surface area (TPSA) is 39.2 Å². The van der Waals surface area contributed by atoms with Gasteiger partial charge >= 0.3 is 0 Å². The molecular weight excluding hydrogens is 273 g/mol. The average molecular weight is 284 g/mol. The molecule has 1 heterocycles. The summed E-state index contributed by atoms with van der Waals surface area (Å²) in [7, 11) is 0. The zero-order valence-corrected chi connectivity index (χ0v) is 10.1. The lowest BCUT2D eigenvalue weighted by Gasteiger charge is -2.09. The lowest BCUT2D eigenvalue weighted by atomic mass is 10.0. The molecule has 2 N–H and O–H groups in total. The van der Waals surface area contributed by atoms with Gasteiger partial charge in [0.05, 0.1) is 12.3 Å². The van der Waals surface area contributed by atoms with Gasteiger partial charge in [0.2, 0.25) is 0 Å². The number of nitrogens with two attached hydrogens (primary N) is 1. The maximum atomic E-state index is 13.5. The van der Waals surface area contributed by atoms with Crippen LogP contribution >= 0.6 is 15.9 Å². The van der Waals surface area contributed by atoms with Crippen molar-refractivity contribution in [1.29, 1.82) is 0 Å². The Labute approximate surface area is 101 Å². The third-order valence-electron chi connectivity index (χ3n) is 2.36. The molecule has 1 atom stereocenters. The summed E-state index contributed by atoms with van der Waals surface area (Å²) >= 11 is 3.21. The second-order valence-corrected chi connectivity index (χ2v) is 4.48. The van der Waals surface area contributed by atoms with Gasteiger partial charge in [0, 0.05) is 4.47 Å². The van der Waals surface area contributed by atoms with Crippen LogP contribution < -0.4 is 5.73 Å². The molecule has 2 aromatic rings. The molecule has 0 fully saturated rings. The second-order valence-electron chi connectivity index (χ2n) is 3.56. The van der Waals surface area contributed by atoms with Crippen LogP contribution in [0.5, 0.6) is 0 Å². The van der Waals surface area contributed by atoms with Gasteiger partial charge in [-0.25, -0.2) is 4.39 Å². The van der Waals surface area contributed by atoms with E-state index < -0.39 is 0 Å². The van der Waals surface area contributed by atoms with E-state index in [2.05, 4.69) is 15.9 Å². The van der Waals surface area contributed by atoms with Gasteiger partial charge in [-0.15, -0.1) is 0 Å². The number of rotatable bonds is 3. The first-order chi connectivity index (χ1) is 7.66. The second kappa shape index (κ2) is 4.80. The normalized spacial score (nSPS) is 12.7. The molecule has 84 valence electrons. The Morgan fingerprint density at radius 1 is 1.38 bits per heavy atom. The maximum Gasteiger partial charge on any atom is 0.127 e. The molecule has 2 rings (SSSR count). The molecule has 0 saturated heterocycles. The molecule has 1 unspecified atom stereocenters. The number of benzene rings is 1. The fourth-order valence-corrected chi connectivity index (χ4v) is 1.86. The Balaban J connectivity index is 2.15. The predicted molar refractivity (Wildman–Crippen MR) is 63.4 cm³/mol. The smallest absolute Gasteiger partial charge is 0.127 e. The van der Waals surface area contributed by atoms with E-state index in [1.807, 2.05) is 0 Å².